The zero-order valence-electron chi connectivity index (χ0n) is 10.7. The van der Waals surface area contributed by atoms with E-state index in [-0.39, 0.29) is 5.56 Å². The quantitative estimate of drug-likeness (QED) is 0.913. The fourth-order valence-electron chi connectivity index (χ4n) is 1.81. The Morgan fingerprint density at radius 3 is 2.74 bits per heavy atom. The molecule has 1 aromatic carbocycles. The van der Waals surface area contributed by atoms with Gasteiger partial charge in [-0.2, -0.15) is 0 Å². The molecule has 0 aliphatic rings. The number of rotatable bonds is 4. The summed E-state index contributed by atoms with van der Waals surface area (Å²) in [5, 5.41) is 9.20. The summed E-state index contributed by atoms with van der Waals surface area (Å²) in [4.78, 5) is 17.0. The SMILES string of the molecule is COc1cc(N(C)c2ccccc2C(=O)O)ccn1. The van der Waals surface area contributed by atoms with Crippen molar-refractivity contribution in [2.24, 2.45) is 0 Å². The molecule has 1 aromatic heterocycles. The van der Waals surface area contributed by atoms with Crippen LogP contribution in [-0.2, 0) is 0 Å². The van der Waals surface area contributed by atoms with E-state index in [1.807, 2.05) is 0 Å². The van der Waals surface area contributed by atoms with E-state index in [4.69, 9.17) is 4.74 Å². The Morgan fingerprint density at radius 2 is 2.05 bits per heavy atom. The molecule has 1 N–H and O–H groups in total. The maximum atomic E-state index is 11.2. The second kappa shape index (κ2) is 5.39. The highest BCUT2D eigenvalue weighted by Crippen LogP contribution is 2.28. The normalized spacial score (nSPS) is 10.0. The van der Waals surface area contributed by atoms with Gasteiger partial charge in [0, 0.05) is 25.0 Å². The van der Waals surface area contributed by atoms with E-state index in [0.29, 0.717) is 11.6 Å². The maximum absolute atomic E-state index is 11.2. The molecule has 0 amide bonds. The first kappa shape index (κ1) is 12.9. The summed E-state index contributed by atoms with van der Waals surface area (Å²) in [5.41, 5.74) is 1.67. The van der Waals surface area contributed by atoms with Crippen LogP contribution in [0.25, 0.3) is 0 Å². The molecule has 0 atom stereocenters. The molecule has 1 heterocycles. The van der Waals surface area contributed by atoms with Crippen molar-refractivity contribution in [3.63, 3.8) is 0 Å². The number of aromatic carboxylic acids is 1. The smallest absolute Gasteiger partial charge is 0.337 e. The molecule has 98 valence electrons. The van der Waals surface area contributed by atoms with Crippen LogP contribution in [0.2, 0.25) is 0 Å². The summed E-state index contributed by atoms with van der Waals surface area (Å²) in [6.45, 7) is 0. The second-order valence-corrected chi connectivity index (χ2v) is 3.94. The highest BCUT2D eigenvalue weighted by Gasteiger charge is 2.14. The summed E-state index contributed by atoms with van der Waals surface area (Å²) in [6.07, 6.45) is 1.62. The van der Waals surface area contributed by atoms with Gasteiger partial charge in [0.15, 0.2) is 0 Å². The molecule has 0 radical (unpaired) electrons. The summed E-state index contributed by atoms with van der Waals surface area (Å²) < 4.78 is 5.06. The van der Waals surface area contributed by atoms with Crippen molar-refractivity contribution in [1.29, 1.82) is 0 Å². The Labute approximate surface area is 111 Å². The Morgan fingerprint density at radius 1 is 1.32 bits per heavy atom. The van der Waals surface area contributed by atoms with Crippen molar-refractivity contribution in [2.45, 2.75) is 0 Å². The van der Waals surface area contributed by atoms with Crippen molar-refractivity contribution in [2.75, 3.05) is 19.1 Å². The largest absolute Gasteiger partial charge is 0.481 e. The number of anilines is 2. The first-order valence-corrected chi connectivity index (χ1v) is 5.69. The van der Waals surface area contributed by atoms with E-state index in [1.54, 1.807) is 54.5 Å². The van der Waals surface area contributed by atoms with Gasteiger partial charge < -0.3 is 14.7 Å². The Balaban J connectivity index is 2.43. The summed E-state index contributed by atoms with van der Waals surface area (Å²) in [5.74, 6) is -0.472. The third-order valence-corrected chi connectivity index (χ3v) is 2.81. The van der Waals surface area contributed by atoms with E-state index in [1.165, 1.54) is 7.11 Å². The van der Waals surface area contributed by atoms with Crippen molar-refractivity contribution in [1.82, 2.24) is 4.98 Å². The third kappa shape index (κ3) is 2.65. The lowest BCUT2D eigenvalue weighted by Gasteiger charge is -2.21. The number of carbonyl (C=O) groups is 1. The molecular weight excluding hydrogens is 244 g/mol. The van der Waals surface area contributed by atoms with Crippen molar-refractivity contribution >= 4 is 17.3 Å². The molecule has 0 aliphatic carbocycles. The number of carboxylic acids is 1. The molecule has 0 bridgehead atoms. The number of hydrogen-bond donors (Lipinski definition) is 1. The van der Waals surface area contributed by atoms with Gasteiger partial charge in [0.2, 0.25) is 5.88 Å². The number of pyridine rings is 1. The molecule has 2 rings (SSSR count). The van der Waals surface area contributed by atoms with Gasteiger partial charge >= 0.3 is 5.97 Å². The minimum atomic E-state index is -0.955. The standard InChI is InChI=1S/C14H14N2O3/c1-16(10-7-8-15-13(9-10)19-2)12-6-4-3-5-11(12)14(17)18/h3-9H,1-2H3,(H,17,18). The first-order valence-electron chi connectivity index (χ1n) is 5.69. The number of benzene rings is 1. The van der Waals surface area contributed by atoms with Crippen molar-refractivity contribution in [3.05, 3.63) is 48.2 Å². The molecule has 19 heavy (non-hydrogen) atoms. The minimum Gasteiger partial charge on any atom is -0.481 e. The van der Waals surface area contributed by atoms with Crippen molar-refractivity contribution < 1.29 is 14.6 Å². The van der Waals surface area contributed by atoms with Crippen LogP contribution in [-0.4, -0.2) is 30.2 Å². The molecule has 5 heteroatoms. The monoisotopic (exact) mass is 258 g/mol. The molecule has 0 aliphatic heterocycles. The van der Waals surface area contributed by atoms with Crippen LogP contribution in [0, 0.1) is 0 Å². The molecule has 0 unspecified atom stereocenters. The van der Waals surface area contributed by atoms with Crippen molar-refractivity contribution in [3.8, 4) is 5.88 Å². The van der Waals surface area contributed by atoms with Gasteiger partial charge in [-0.05, 0) is 18.2 Å². The van der Waals surface area contributed by atoms with Crippen LogP contribution in [0.5, 0.6) is 5.88 Å². The topological polar surface area (TPSA) is 62.7 Å². The number of hydrogen-bond acceptors (Lipinski definition) is 4. The Kier molecular flexibility index (Phi) is 3.66. The highest BCUT2D eigenvalue weighted by atomic mass is 16.5. The van der Waals surface area contributed by atoms with E-state index in [0.717, 1.165) is 5.69 Å². The molecule has 0 fully saturated rings. The van der Waals surface area contributed by atoms with Crippen LogP contribution in [0.4, 0.5) is 11.4 Å². The number of para-hydroxylation sites is 1. The fraction of sp³-hybridized carbons (Fsp3) is 0.143. The number of ether oxygens (including phenoxy) is 1. The van der Waals surface area contributed by atoms with Gasteiger partial charge in [-0.3, -0.25) is 0 Å². The van der Waals surface area contributed by atoms with Gasteiger partial charge in [-0.15, -0.1) is 0 Å². The van der Waals surface area contributed by atoms with Crippen LogP contribution in [0.3, 0.4) is 0 Å². The number of aromatic nitrogens is 1. The minimum absolute atomic E-state index is 0.251. The average molecular weight is 258 g/mol. The lowest BCUT2D eigenvalue weighted by Crippen LogP contribution is -2.14. The Bertz CT molecular complexity index is 599. The second-order valence-electron chi connectivity index (χ2n) is 3.94. The fourth-order valence-corrected chi connectivity index (χ4v) is 1.81. The van der Waals surface area contributed by atoms with Crippen LogP contribution < -0.4 is 9.64 Å². The van der Waals surface area contributed by atoms with Crippen LogP contribution >= 0.6 is 0 Å². The van der Waals surface area contributed by atoms with Crippen LogP contribution in [0.15, 0.2) is 42.6 Å². The van der Waals surface area contributed by atoms with E-state index in [9.17, 15) is 9.90 Å². The molecular formula is C14H14N2O3. The predicted molar refractivity (Wildman–Crippen MR) is 72.3 cm³/mol. The zero-order valence-corrected chi connectivity index (χ0v) is 10.7. The van der Waals surface area contributed by atoms with Gasteiger partial charge in [-0.1, -0.05) is 12.1 Å². The third-order valence-electron chi connectivity index (χ3n) is 2.81. The Hall–Kier alpha value is -2.56. The van der Waals surface area contributed by atoms with E-state index >= 15 is 0 Å². The van der Waals surface area contributed by atoms with Gasteiger partial charge in [-0.25, -0.2) is 9.78 Å². The van der Waals surface area contributed by atoms with E-state index < -0.39 is 5.97 Å². The van der Waals surface area contributed by atoms with E-state index in [2.05, 4.69) is 4.98 Å². The maximum Gasteiger partial charge on any atom is 0.337 e. The molecule has 0 spiro atoms. The van der Waals surface area contributed by atoms with Crippen LogP contribution in [0.1, 0.15) is 10.4 Å². The highest BCUT2D eigenvalue weighted by molar-refractivity contribution is 5.95. The molecule has 2 aromatic rings. The van der Waals surface area contributed by atoms with Gasteiger partial charge in [0.05, 0.1) is 18.4 Å². The summed E-state index contributed by atoms with van der Waals surface area (Å²) in [7, 11) is 3.34. The van der Waals surface area contributed by atoms with Gasteiger partial charge in [0.25, 0.3) is 0 Å². The summed E-state index contributed by atoms with van der Waals surface area (Å²) in [6, 6.07) is 10.4. The first-order chi connectivity index (χ1) is 9.13. The lowest BCUT2D eigenvalue weighted by atomic mass is 10.1. The zero-order chi connectivity index (χ0) is 13.8. The average Bonchev–Trinajstić information content (AvgIpc) is 2.46. The molecule has 0 saturated carbocycles. The number of methoxy groups -OCH3 is 1. The summed E-state index contributed by atoms with van der Waals surface area (Å²) >= 11 is 0. The molecule has 0 saturated heterocycles. The number of carboxylic acid groups (broad SMARTS) is 1. The lowest BCUT2D eigenvalue weighted by molar-refractivity contribution is 0.0697. The molecule has 5 nitrogen and oxygen atoms in total. The van der Waals surface area contributed by atoms with Gasteiger partial charge in [0.1, 0.15) is 0 Å². The predicted octanol–water partition coefficient (Wildman–Crippen LogP) is 2.56. The number of nitrogens with zero attached hydrogens (tertiary/aromatic N) is 2.